The molecule has 9 heteroatoms. The summed E-state index contributed by atoms with van der Waals surface area (Å²) in [7, 11) is 0. The number of anilines is 1. The minimum atomic E-state index is -4.98. The Morgan fingerprint density at radius 3 is 2.37 bits per heavy atom. The second-order valence-corrected chi connectivity index (χ2v) is 6.57. The molecule has 27 heavy (non-hydrogen) atoms. The van der Waals surface area contributed by atoms with E-state index in [0.29, 0.717) is 27.8 Å². The first kappa shape index (κ1) is 19.2. The fraction of sp³-hybridized carbons (Fsp3) is 0.111. The second-order valence-electron chi connectivity index (χ2n) is 5.69. The monoisotopic (exact) mass is 402 g/mol. The van der Waals surface area contributed by atoms with Crippen LogP contribution >= 0.6 is 11.9 Å². The Hall–Kier alpha value is -2.55. The smallest absolute Gasteiger partial charge is 0.360 e. The number of nitrogens with one attached hydrogen (secondary N) is 2. The van der Waals surface area contributed by atoms with Gasteiger partial charge in [-0.15, -0.1) is 0 Å². The zero-order valence-corrected chi connectivity index (χ0v) is 14.5. The van der Waals surface area contributed by atoms with Crippen LogP contribution in [0.1, 0.15) is 11.1 Å². The molecule has 0 bridgehead atoms. The number of alkyl halides is 3. The van der Waals surface area contributed by atoms with Gasteiger partial charge in [-0.3, -0.25) is 0 Å². The molecule has 0 radical (unpaired) electrons. The van der Waals surface area contributed by atoms with E-state index in [0.717, 1.165) is 11.9 Å². The highest BCUT2D eigenvalue weighted by Gasteiger charge is 2.35. The maximum Gasteiger partial charge on any atom is 0.419 e. The van der Waals surface area contributed by atoms with E-state index in [1.165, 1.54) is 12.3 Å². The first-order valence-electron chi connectivity index (χ1n) is 7.60. The highest BCUT2D eigenvalue weighted by Crippen LogP contribution is 2.35. The minimum absolute atomic E-state index is 0.101. The lowest BCUT2D eigenvalue weighted by atomic mass is 10.1. The van der Waals surface area contributed by atoms with Crippen molar-refractivity contribution in [3.8, 4) is 11.3 Å². The lowest BCUT2D eigenvalue weighted by molar-refractivity contribution is -0.140. The first-order chi connectivity index (χ1) is 12.7. The Labute approximate surface area is 154 Å². The summed E-state index contributed by atoms with van der Waals surface area (Å²) in [5.41, 5.74) is -0.549. The summed E-state index contributed by atoms with van der Waals surface area (Å²) < 4.78 is 81.6. The number of benzene rings is 2. The highest BCUT2D eigenvalue weighted by atomic mass is 32.2. The third-order valence-electron chi connectivity index (χ3n) is 3.79. The largest absolute Gasteiger partial charge is 0.419 e. The predicted octanol–water partition coefficient (Wildman–Crippen LogP) is 6.55. The fourth-order valence-corrected chi connectivity index (χ4v) is 3.19. The summed E-state index contributed by atoms with van der Waals surface area (Å²) in [6.45, 7) is 1.74. The van der Waals surface area contributed by atoms with Crippen molar-refractivity contribution in [3.05, 3.63) is 71.2 Å². The van der Waals surface area contributed by atoms with Gasteiger partial charge in [0.15, 0.2) is 0 Å². The van der Waals surface area contributed by atoms with E-state index in [-0.39, 0.29) is 6.07 Å². The second kappa shape index (κ2) is 7.22. The summed E-state index contributed by atoms with van der Waals surface area (Å²) >= 11 is 0.845. The lowest BCUT2D eigenvalue weighted by Crippen LogP contribution is -2.09. The SMILES string of the molecule is Cc1cccc(F)c1-c1cc(SNc2cc(F)c(C(F)(F)F)cc2F)c[nH]1. The Morgan fingerprint density at radius 2 is 1.70 bits per heavy atom. The van der Waals surface area contributed by atoms with Gasteiger partial charge in [0.1, 0.15) is 17.5 Å². The Morgan fingerprint density at radius 1 is 0.963 bits per heavy atom. The van der Waals surface area contributed by atoms with E-state index in [1.54, 1.807) is 25.1 Å². The van der Waals surface area contributed by atoms with Crippen LogP contribution in [0.2, 0.25) is 0 Å². The molecular weight excluding hydrogens is 390 g/mol. The van der Waals surface area contributed by atoms with Crippen molar-refractivity contribution in [1.82, 2.24) is 4.98 Å². The molecule has 0 spiro atoms. The Balaban J connectivity index is 1.79. The molecule has 0 saturated carbocycles. The standard InChI is InChI=1S/C18H12F6N2S/c1-9-3-2-4-12(19)17(9)16-5-10(8-25-16)27-26-15-7-13(20)11(6-14(15)21)18(22,23)24/h2-8,25-26H,1H3. The van der Waals surface area contributed by atoms with Crippen molar-refractivity contribution in [1.29, 1.82) is 0 Å². The molecule has 2 aromatic carbocycles. The molecule has 1 heterocycles. The number of aromatic nitrogens is 1. The van der Waals surface area contributed by atoms with Crippen LogP contribution in [-0.2, 0) is 6.18 Å². The van der Waals surface area contributed by atoms with E-state index in [9.17, 15) is 26.3 Å². The topological polar surface area (TPSA) is 27.8 Å². The van der Waals surface area contributed by atoms with Gasteiger partial charge in [0.05, 0.1) is 11.3 Å². The van der Waals surface area contributed by atoms with Crippen molar-refractivity contribution in [3.63, 3.8) is 0 Å². The number of rotatable bonds is 4. The molecule has 0 saturated heterocycles. The molecule has 0 aliphatic rings. The summed E-state index contributed by atoms with van der Waals surface area (Å²) in [5, 5.41) is 0. The van der Waals surface area contributed by atoms with Crippen LogP contribution in [0.15, 0.2) is 47.5 Å². The average Bonchev–Trinajstić information content (AvgIpc) is 3.02. The van der Waals surface area contributed by atoms with Crippen LogP contribution in [0, 0.1) is 24.4 Å². The van der Waals surface area contributed by atoms with E-state index >= 15 is 0 Å². The molecule has 0 aliphatic heterocycles. The third-order valence-corrected chi connectivity index (χ3v) is 4.58. The molecule has 0 amide bonds. The molecule has 2 nitrogen and oxygen atoms in total. The summed E-state index contributed by atoms with van der Waals surface area (Å²) in [6.07, 6.45) is -3.47. The maximum atomic E-state index is 14.0. The van der Waals surface area contributed by atoms with Gasteiger partial charge in [0.25, 0.3) is 0 Å². The number of halogens is 6. The van der Waals surface area contributed by atoms with Crippen molar-refractivity contribution in [2.45, 2.75) is 18.0 Å². The van der Waals surface area contributed by atoms with Crippen LogP contribution < -0.4 is 4.72 Å². The molecular formula is C18H12F6N2S. The molecule has 142 valence electrons. The first-order valence-corrected chi connectivity index (χ1v) is 8.41. The molecule has 3 aromatic rings. The van der Waals surface area contributed by atoms with Crippen LogP contribution in [0.25, 0.3) is 11.3 Å². The van der Waals surface area contributed by atoms with Crippen LogP contribution in [0.4, 0.5) is 32.0 Å². The van der Waals surface area contributed by atoms with Crippen LogP contribution in [0.3, 0.4) is 0 Å². The maximum absolute atomic E-state index is 14.0. The predicted molar refractivity (Wildman–Crippen MR) is 91.8 cm³/mol. The van der Waals surface area contributed by atoms with E-state index in [4.69, 9.17) is 0 Å². The Bertz CT molecular complexity index is 960. The van der Waals surface area contributed by atoms with Gasteiger partial charge in [-0.05, 0) is 42.6 Å². The van der Waals surface area contributed by atoms with Gasteiger partial charge >= 0.3 is 6.18 Å². The molecule has 2 N–H and O–H groups in total. The number of aryl methyl sites for hydroxylation is 1. The molecule has 1 aromatic heterocycles. The molecule has 0 aliphatic carbocycles. The van der Waals surface area contributed by atoms with Crippen molar-refractivity contribution in [2.75, 3.05) is 4.72 Å². The minimum Gasteiger partial charge on any atom is -0.360 e. The number of hydrogen-bond donors (Lipinski definition) is 2. The quantitative estimate of drug-likeness (QED) is 0.383. The lowest BCUT2D eigenvalue weighted by Gasteiger charge is -2.11. The van der Waals surface area contributed by atoms with Crippen molar-refractivity contribution < 1.29 is 26.3 Å². The summed E-state index contributed by atoms with van der Waals surface area (Å²) in [5.74, 6) is -3.24. The molecule has 0 unspecified atom stereocenters. The van der Waals surface area contributed by atoms with Gasteiger partial charge in [0.2, 0.25) is 0 Å². The Kier molecular flexibility index (Phi) is 5.14. The van der Waals surface area contributed by atoms with Gasteiger partial charge < -0.3 is 9.71 Å². The van der Waals surface area contributed by atoms with Crippen molar-refractivity contribution >= 4 is 17.6 Å². The van der Waals surface area contributed by atoms with Gasteiger partial charge in [-0.25, -0.2) is 13.2 Å². The zero-order chi connectivity index (χ0) is 19.8. The average molecular weight is 402 g/mol. The molecule has 0 fully saturated rings. The van der Waals surface area contributed by atoms with Gasteiger partial charge in [-0.1, -0.05) is 12.1 Å². The summed E-state index contributed by atoms with van der Waals surface area (Å²) in [4.78, 5) is 3.38. The fourth-order valence-electron chi connectivity index (χ4n) is 2.51. The van der Waals surface area contributed by atoms with Gasteiger partial charge in [-0.2, -0.15) is 13.2 Å². The molecule has 0 atom stereocenters. The number of hydrogen-bond acceptors (Lipinski definition) is 2. The normalized spacial score (nSPS) is 11.7. The van der Waals surface area contributed by atoms with Crippen LogP contribution in [-0.4, -0.2) is 4.98 Å². The number of H-pyrrole nitrogens is 1. The van der Waals surface area contributed by atoms with E-state index < -0.39 is 34.9 Å². The highest BCUT2D eigenvalue weighted by molar-refractivity contribution is 8.00. The zero-order valence-electron chi connectivity index (χ0n) is 13.7. The number of aromatic amines is 1. The third kappa shape index (κ3) is 4.08. The van der Waals surface area contributed by atoms with Crippen molar-refractivity contribution in [2.24, 2.45) is 0 Å². The van der Waals surface area contributed by atoms with E-state index in [1.807, 2.05) is 0 Å². The van der Waals surface area contributed by atoms with E-state index in [2.05, 4.69) is 9.71 Å². The molecule has 3 rings (SSSR count). The van der Waals surface area contributed by atoms with Crippen LogP contribution in [0.5, 0.6) is 0 Å². The van der Waals surface area contributed by atoms with Gasteiger partial charge in [0, 0.05) is 28.4 Å². The summed E-state index contributed by atoms with van der Waals surface area (Å²) in [6, 6.07) is 6.76.